The van der Waals surface area contributed by atoms with Gasteiger partial charge < -0.3 is 24.1 Å². The van der Waals surface area contributed by atoms with Crippen LogP contribution in [0.2, 0.25) is 5.02 Å². The summed E-state index contributed by atoms with van der Waals surface area (Å²) in [4.78, 5) is 15.2. The van der Waals surface area contributed by atoms with E-state index in [0.717, 1.165) is 5.56 Å². The highest BCUT2D eigenvalue weighted by molar-refractivity contribution is 7.48. The van der Waals surface area contributed by atoms with Crippen molar-refractivity contribution in [2.45, 2.75) is 39.2 Å². The van der Waals surface area contributed by atoms with Crippen molar-refractivity contribution in [2.24, 2.45) is 0 Å². The first-order chi connectivity index (χ1) is 17.6. The molecule has 11 heteroatoms. The summed E-state index contributed by atoms with van der Waals surface area (Å²) < 4.78 is 35.9. The van der Waals surface area contributed by atoms with Gasteiger partial charge in [-0.2, -0.15) is 0 Å². The van der Waals surface area contributed by atoms with Gasteiger partial charge in [-0.3, -0.25) is 13.8 Å². The molecule has 9 nitrogen and oxygen atoms in total. The van der Waals surface area contributed by atoms with Crippen LogP contribution in [0.4, 0.5) is 0 Å². The minimum atomic E-state index is -4.09. The first kappa shape index (κ1) is 27.6. The van der Waals surface area contributed by atoms with E-state index >= 15 is 0 Å². The van der Waals surface area contributed by atoms with Crippen molar-refractivity contribution in [1.29, 1.82) is 0 Å². The van der Waals surface area contributed by atoms with E-state index in [1.54, 1.807) is 26.0 Å². The van der Waals surface area contributed by atoms with Gasteiger partial charge in [0, 0.05) is 35.7 Å². The summed E-state index contributed by atoms with van der Waals surface area (Å²) in [5.74, 6) is -0.858. The second-order valence-corrected chi connectivity index (χ2v) is 11.1. The number of likely N-dealkylation sites (N-methyl/N-ethyl adjacent to an activating group) is 1. The van der Waals surface area contributed by atoms with Crippen LogP contribution in [0.5, 0.6) is 11.5 Å². The minimum absolute atomic E-state index is 0.0160. The van der Waals surface area contributed by atoms with E-state index in [9.17, 15) is 19.6 Å². The molecule has 2 heterocycles. The summed E-state index contributed by atoms with van der Waals surface area (Å²) in [6.07, 6.45) is -0.370. The average molecular weight is 552 g/mol. The maximum atomic E-state index is 13.3. The Kier molecular flexibility index (Phi) is 8.33. The largest absolute Gasteiger partial charge is 0.530 e. The van der Waals surface area contributed by atoms with Gasteiger partial charge in [0.05, 0.1) is 24.3 Å². The molecule has 1 saturated heterocycles. The Balaban J connectivity index is 2.01. The number of rotatable bonds is 8. The molecule has 1 aliphatic rings. The summed E-state index contributed by atoms with van der Waals surface area (Å²) in [5, 5.41) is 22.2. The molecule has 2 N–H and O–H groups in total. The summed E-state index contributed by atoms with van der Waals surface area (Å²) in [6, 6.07) is 7.79. The molecule has 1 aromatic heterocycles. The Bertz CT molecular complexity index is 1400. The van der Waals surface area contributed by atoms with Gasteiger partial charge in [0.1, 0.15) is 28.2 Å². The van der Waals surface area contributed by atoms with E-state index in [2.05, 4.69) is 0 Å². The Morgan fingerprint density at radius 2 is 1.89 bits per heavy atom. The van der Waals surface area contributed by atoms with Crippen molar-refractivity contribution in [3.63, 3.8) is 0 Å². The van der Waals surface area contributed by atoms with Gasteiger partial charge >= 0.3 is 7.82 Å². The summed E-state index contributed by atoms with van der Waals surface area (Å²) in [6.45, 7) is 6.28. The lowest BCUT2D eigenvalue weighted by atomic mass is 9.85. The molecule has 0 saturated carbocycles. The molecule has 2 aromatic carbocycles. The number of phosphoric ester groups is 1. The lowest BCUT2D eigenvalue weighted by molar-refractivity contribution is 0.0630. The fourth-order valence-electron chi connectivity index (χ4n) is 4.64. The SMILES string of the molecule is CCOP(=O)(OCC)Oc1cc(O)c2c(=O)cc(-c3ccc(C)cc3Cl)oc2c1[C@H]1CCN(C)C[C@H]1O. The number of aromatic hydroxyl groups is 1. The number of benzene rings is 2. The van der Waals surface area contributed by atoms with E-state index in [-0.39, 0.29) is 35.7 Å². The molecule has 4 rings (SSSR count). The molecule has 0 radical (unpaired) electrons. The van der Waals surface area contributed by atoms with Gasteiger partial charge in [-0.25, -0.2) is 4.57 Å². The van der Waals surface area contributed by atoms with E-state index in [0.29, 0.717) is 35.7 Å². The van der Waals surface area contributed by atoms with Crippen LogP contribution >= 0.6 is 19.4 Å². The highest BCUT2D eigenvalue weighted by Gasteiger charge is 2.37. The summed E-state index contributed by atoms with van der Waals surface area (Å²) >= 11 is 6.46. The van der Waals surface area contributed by atoms with Crippen molar-refractivity contribution in [2.75, 3.05) is 33.4 Å². The Hall–Kier alpha value is -2.39. The third kappa shape index (κ3) is 5.72. The lowest BCUT2D eigenvalue weighted by Crippen LogP contribution is -2.40. The van der Waals surface area contributed by atoms with Crippen molar-refractivity contribution >= 4 is 30.4 Å². The molecule has 0 amide bonds. The molecule has 37 heavy (non-hydrogen) atoms. The van der Waals surface area contributed by atoms with Crippen LogP contribution in [0, 0.1) is 6.92 Å². The van der Waals surface area contributed by atoms with Crippen LogP contribution in [0.3, 0.4) is 0 Å². The zero-order chi connectivity index (χ0) is 26.9. The van der Waals surface area contributed by atoms with Crippen LogP contribution < -0.4 is 9.95 Å². The van der Waals surface area contributed by atoms with E-state index < -0.39 is 31.0 Å². The average Bonchev–Trinajstić information content (AvgIpc) is 2.80. The first-order valence-electron chi connectivity index (χ1n) is 12.1. The smallest absolute Gasteiger partial charge is 0.507 e. The van der Waals surface area contributed by atoms with Gasteiger partial charge in [0.2, 0.25) is 0 Å². The number of hydrogen-bond donors (Lipinski definition) is 2. The molecule has 0 aliphatic carbocycles. The van der Waals surface area contributed by atoms with Gasteiger partial charge in [-0.15, -0.1) is 0 Å². The molecule has 1 aliphatic heterocycles. The second kappa shape index (κ2) is 11.2. The predicted molar refractivity (Wildman–Crippen MR) is 142 cm³/mol. The molecule has 1 fully saturated rings. The number of aliphatic hydroxyl groups is 1. The van der Waals surface area contributed by atoms with Gasteiger partial charge in [0.25, 0.3) is 0 Å². The van der Waals surface area contributed by atoms with Gasteiger partial charge in [0.15, 0.2) is 5.43 Å². The molecule has 200 valence electrons. The Labute approximate surface area is 220 Å². The third-order valence-electron chi connectivity index (χ3n) is 6.31. The number of likely N-dealkylation sites (tertiary alicyclic amines) is 1. The van der Waals surface area contributed by atoms with E-state index in [1.807, 2.05) is 24.9 Å². The maximum absolute atomic E-state index is 13.3. The lowest BCUT2D eigenvalue weighted by Gasteiger charge is -2.35. The van der Waals surface area contributed by atoms with Crippen molar-refractivity contribution in [3.8, 4) is 22.8 Å². The van der Waals surface area contributed by atoms with Gasteiger partial charge in [-0.1, -0.05) is 17.7 Å². The molecule has 0 unspecified atom stereocenters. The maximum Gasteiger partial charge on any atom is 0.530 e. The zero-order valence-electron chi connectivity index (χ0n) is 21.2. The fourth-order valence-corrected chi connectivity index (χ4v) is 6.18. The monoisotopic (exact) mass is 551 g/mol. The molecule has 3 aromatic rings. The summed E-state index contributed by atoms with van der Waals surface area (Å²) in [7, 11) is -2.20. The number of halogens is 1. The van der Waals surface area contributed by atoms with Crippen LogP contribution in [0.15, 0.2) is 39.5 Å². The molecule has 2 atom stereocenters. The van der Waals surface area contributed by atoms with Crippen molar-refractivity contribution in [3.05, 3.63) is 56.7 Å². The number of fused-ring (bicyclic) bond motifs is 1. The molecule has 0 bridgehead atoms. The van der Waals surface area contributed by atoms with Crippen molar-refractivity contribution < 1.29 is 32.8 Å². The number of phenols is 1. The Morgan fingerprint density at radius 3 is 2.51 bits per heavy atom. The Morgan fingerprint density at radius 1 is 1.19 bits per heavy atom. The predicted octanol–water partition coefficient (Wildman–Crippen LogP) is 5.47. The van der Waals surface area contributed by atoms with Crippen LogP contribution in [-0.4, -0.2) is 54.6 Å². The van der Waals surface area contributed by atoms with E-state index in [4.69, 9.17) is 29.6 Å². The van der Waals surface area contributed by atoms with Crippen LogP contribution in [0.25, 0.3) is 22.3 Å². The molecular formula is C26H31ClNO8P. The first-order valence-corrected chi connectivity index (χ1v) is 14.0. The second-order valence-electron chi connectivity index (χ2n) is 9.07. The van der Waals surface area contributed by atoms with E-state index in [1.165, 1.54) is 12.1 Å². The van der Waals surface area contributed by atoms with Crippen molar-refractivity contribution in [1.82, 2.24) is 4.90 Å². The quantitative estimate of drug-likeness (QED) is 0.351. The van der Waals surface area contributed by atoms with Gasteiger partial charge in [-0.05, 0) is 58.5 Å². The van der Waals surface area contributed by atoms with Crippen LogP contribution in [-0.2, 0) is 13.6 Å². The number of phenolic OH excluding ortho intramolecular Hbond substituents is 1. The number of piperidine rings is 1. The number of hydrogen-bond acceptors (Lipinski definition) is 9. The molecule has 0 spiro atoms. The highest BCUT2D eigenvalue weighted by atomic mass is 35.5. The normalized spacial score (nSPS) is 18.9. The zero-order valence-corrected chi connectivity index (χ0v) is 22.8. The van der Waals surface area contributed by atoms with Crippen LogP contribution in [0.1, 0.15) is 37.3 Å². The number of nitrogens with zero attached hydrogens (tertiary/aromatic N) is 1. The molecular weight excluding hydrogens is 521 g/mol. The fraction of sp³-hybridized carbons (Fsp3) is 0.423. The highest BCUT2D eigenvalue weighted by Crippen LogP contribution is 2.53. The summed E-state index contributed by atoms with van der Waals surface area (Å²) in [5.41, 5.74) is 1.24. The number of aryl methyl sites for hydroxylation is 1. The third-order valence-corrected chi connectivity index (χ3v) is 8.19. The standard InChI is InChI=1S/C26H31ClNO8P/c1-5-33-37(32,34-6-2)36-23-13-20(30)25-19(29)12-22(16-8-7-15(3)11-18(16)27)35-26(25)24(23)17-9-10-28(4)14-21(17)31/h7-8,11-13,17,21,30-31H,5-6,9-10,14H2,1-4H3/t17-,21+/m0/s1. The number of aliphatic hydroxyl groups excluding tert-OH is 1. The number of phosphoric acid groups is 1. The number of β-amino-alcohol motifs (C(OH)–C–C–N with tert-alkyl or cyclic N) is 1. The minimum Gasteiger partial charge on any atom is -0.507 e. The topological polar surface area (TPSA) is 119 Å².